The lowest BCUT2D eigenvalue weighted by atomic mass is 10.2. The van der Waals surface area contributed by atoms with Crippen LogP contribution in [-0.4, -0.2) is 68.7 Å². The van der Waals surface area contributed by atoms with E-state index in [1.807, 2.05) is 38.1 Å². The molecular formula is C19H23N5O3S2. The van der Waals surface area contributed by atoms with Crippen LogP contribution >= 0.6 is 11.8 Å². The van der Waals surface area contributed by atoms with Crippen molar-refractivity contribution in [3.63, 3.8) is 0 Å². The number of sulfone groups is 1. The zero-order chi connectivity index (χ0) is 20.6. The van der Waals surface area contributed by atoms with Crippen molar-refractivity contribution in [1.82, 2.24) is 24.5 Å². The molecule has 1 aliphatic heterocycles. The number of rotatable bonds is 6. The van der Waals surface area contributed by atoms with Gasteiger partial charge in [-0.2, -0.15) is 4.52 Å². The van der Waals surface area contributed by atoms with E-state index < -0.39 is 9.84 Å². The van der Waals surface area contributed by atoms with E-state index in [1.54, 1.807) is 9.42 Å². The SMILES string of the molecule is CCCN(C(=O)CSc1nc2ccccc2c2nc(C)nn12)[C@@H]1CCS(=O)(=O)C1. The summed E-state index contributed by atoms with van der Waals surface area (Å²) in [6.07, 6.45) is 1.30. The van der Waals surface area contributed by atoms with Gasteiger partial charge in [0.15, 0.2) is 20.6 Å². The van der Waals surface area contributed by atoms with Gasteiger partial charge in [0.2, 0.25) is 5.91 Å². The predicted molar refractivity (Wildman–Crippen MR) is 113 cm³/mol. The maximum absolute atomic E-state index is 12.9. The molecule has 0 N–H and O–H groups in total. The first kappa shape index (κ1) is 20.1. The van der Waals surface area contributed by atoms with E-state index in [1.165, 1.54) is 11.8 Å². The second-order valence-corrected chi connectivity index (χ2v) is 10.4. The van der Waals surface area contributed by atoms with Crippen LogP contribution in [0.5, 0.6) is 0 Å². The van der Waals surface area contributed by atoms with Gasteiger partial charge >= 0.3 is 0 Å². The number of aromatic nitrogens is 4. The van der Waals surface area contributed by atoms with E-state index in [2.05, 4.69) is 15.1 Å². The molecule has 3 heterocycles. The fourth-order valence-corrected chi connectivity index (χ4v) is 6.27. The molecule has 0 bridgehead atoms. The number of benzene rings is 1. The fourth-order valence-electron chi connectivity index (χ4n) is 3.71. The molecular weight excluding hydrogens is 410 g/mol. The Labute approximate surface area is 173 Å². The molecule has 0 radical (unpaired) electrons. The lowest BCUT2D eigenvalue weighted by Gasteiger charge is -2.27. The largest absolute Gasteiger partial charge is 0.338 e. The van der Waals surface area contributed by atoms with Crippen molar-refractivity contribution in [2.24, 2.45) is 0 Å². The van der Waals surface area contributed by atoms with Gasteiger partial charge in [-0.15, -0.1) is 5.10 Å². The summed E-state index contributed by atoms with van der Waals surface area (Å²) in [6.45, 7) is 4.37. The smallest absolute Gasteiger partial charge is 0.233 e. The Morgan fingerprint density at radius 3 is 2.83 bits per heavy atom. The molecule has 4 rings (SSSR count). The van der Waals surface area contributed by atoms with Crippen LogP contribution in [0.1, 0.15) is 25.6 Å². The molecule has 29 heavy (non-hydrogen) atoms. The number of para-hydroxylation sites is 1. The number of carbonyl (C=O) groups excluding carboxylic acids is 1. The maximum atomic E-state index is 12.9. The number of hydrogen-bond donors (Lipinski definition) is 0. The summed E-state index contributed by atoms with van der Waals surface area (Å²) >= 11 is 1.31. The van der Waals surface area contributed by atoms with Gasteiger partial charge in [-0.05, 0) is 31.9 Å². The molecule has 1 aliphatic rings. The van der Waals surface area contributed by atoms with Crippen LogP contribution in [0.4, 0.5) is 0 Å². The Morgan fingerprint density at radius 1 is 1.31 bits per heavy atom. The van der Waals surface area contributed by atoms with Gasteiger partial charge < -0.3 is 4.90 Å². The Morgan fingerprint density at radius 2 is 2.10 bits per heavy atom. The minimum atomic E-state index is -3.05. The second-order valence-electron chi connectivity index (χ2n) is 7.24. The van der Waals surface area contributed by atoms with Gasteiger partial charge in [0.05, 0.1) is 22.8 Å². The van der Waals surface area contributed by atoms with Crippen molar-refractivity contribution in [3.8, 4) is 0 Å². The van der Waals surface area contributed by atoms with Crippen molar-refractivity contribution < 1.29 is 13.2 Å². The third-order valence-corrected chi connectivity index (χ3v) is 7.68. The highest BCUT2D eigenvalue weighted by Gasteiger charge is 2.34. The van der Waals surface area contributed by atoms with E-state index >= 15 is 0 Å². The number of hydrogen-bond acceptors (Lipinski definition) is 7. The Kier molecular flexibility index (Phi) is 5.48. The van der Waals surface area contributed by atoms with Crippen LogP contribution in [0, 0.1) is 6.92 Å². The Hall–Kier alpha value is -2.20. The molecule has 0 aliphatic carbocycles. The van der Waals surface area contributed by atoms with E-state index in [9.17, 15) is 13.2 Å². The lowest BCUT2D eigenvalue weighted by Crippen LogP contribution is -2.42. The van der Waals surface area contributed by atoms with Crippen LogP contribution in [0.25, 0.3) is 16.6 Å². The highest BCUT2D eigenvalue weighted by molar-refractivity contribution is 7.99. The normalized spacial score (nSPS) is 18.5. The van der Waals surface area contributed by atoms with Gasteiger partial charge in [-0.1, -0.05) is 30.8 Å². The highest BCUT2D eigenvalue weighted by Crippen LogP contribution is 2.25. The number of nitrogens with zero attached hydrogens (tertiary/aromatic N) is 5. The third kappa shape index (κ3) is 4.09. The second kappa shape index (κ2) is 7.91. The standard InChI is InChI=1S/C19H23N5O3S2/c1-3-9-23(14-8-10-29(26,27)12-14)17(25)11-28-19-21-16-7-5-4-6-15(16)18-20-13(2)22-24(18)19/h4-7,14H,3,8-12H2,1-2H3/t14-/m1/s1. The average molecular weight is 434 g/mol. The molecule has 10 heteroatoms. The van der Waals surface area contributed by atoms with Crippen molar-refractivity contribution in [2.75, 3.05) is 23.8 Å². The molecule has 2 aromatic heterocycles. The van der Waals surface area contributed by atoms with Crippen LogP contribution in [0.2, 0.25) is 0 Å². The molecule has 154 valence electrons. The van der Waals surface area contributed by atoms with Crippen molar-refractivity contribution in [1.29, 1.82) is 0 Å². The summed E-state index contributed by atoms with van der Waals surface area (Å²) in [6, 6.07) is 7.49. The van der Waals surface area contributed by atoms with Gasteiger partial charge in [-0.25, -0.2) is 18.4 Å². The summed E-state index contributed by atoms with van der Waals surface area (Å²) < 4.78 is 25.4. The monoisotopic (exact) mass is 433 g/mol. The number of carbonyl (C=O) groups is 1. The van der Waals surface area contributed by atoms with E-state index in [4.69, 9.17) is 0 Å². The van der Waals surface area contributed by atoms with Crippen LogP contribution in [0.15, 0.2) is 29.4 Å². The van der Waals surface area contributed by atoms with E-state index in [-0.39, 0.29) is 29.2 Å². The fraction of sp³-hybridized carbons (Fsp3) is 0.474. The zero-order valence-corrected chi connectivity index (χ0v) is 18.0. The molecule has 1 saturated heterocycles. The summed E-state index contributed by atoms with van der Waals surface area (Å²) in [7, 11) is -3.05. The van der Waals surface area contributed by atoms with E-state index in [0.717, 1.165) is 23.0 Å². The molecule has 0 unspecified atom stereocenters. The molecule has 0 spiro atoms. The first-order chi connectivity index (χ1) is 13.9. The lowest BCUT2D eigenvalue weighted by molar-refractivity contribution is -0.130. The summed E-state index contributed by atoms with van der Waals surface area (Å²) in [4.78, 5) is 23.9. The van der Waals surface area contributed by atoms with Gasteiger partial charge in [0.25, 0.3) is 0 Å². The maximum Gasteiger partial charge on any atom is 0.233 e. The topological polar surface area (TPSA) is 97.5 Å². The zero-order valence-electron chi connectivity index (χ0n) is 16.4. The molecule has 0 saturated carbocycles. The predicted octanol–water partition coefficient (Wildman–Crippen LogP) is 2.10. The number of fused-ring (bicyclic) bond motifs is 3. The average Bonchev–Trinajstić information content (AvgIpc) is 3.25. The van der Waals surface area contributed by atoms with Crippen molar-refractivity contribution >= 4 is 44.1 Å². The molecule has 1 atom stereocenters. The van der Waals surface area contributed by atoms with Crippen molar-refractivity contribution in [3.05, 3.63) is 30.1 Å². The summed E-state index contributed by atoms with van der Waals surface area (Å²) in [5, 5.41) is 5.95. The van der Waals surface area contributed by atoms with E-state index in [0.29, 0.717) is 23.9 Å². The molecule has 1 aromatic carbocycles. The first-order valence-corrected chi connectivity index (χ1v) is 12.4. The molecule has 3 aromatic rings. The first-order valence-electron chi connectivity index (χ1n) is 9.63. The molecule has 1 amide bonds. The van der Waals surface area contributed by atoms with Gasteiger partial charge in [-0.3, -0.25) is 4.79 Å². The number of thioether (sulfide) groups is 1. The third-order valence-electron chi connectivity index (χ3n) is 5.01. The minimum Gasteiger partial charge on any atom is -0.338 e. The number of amides is 1. The Bertz CT molecular complexity index is 1180. The summed E-state index contributed by atoms with van der Waals surface area (Å²) in [5.41, 5.74) is 1.52. The Balaban J connectivity index is 1.58. The van der Waals surface area contributed by atoms with Gasteiger partial charge in [0, 0.05) is 18.0 Å². The highest BCUT2D eigenvalue weighted by atomic mass is 32.2. The van der Waals surface area contributed by atoms with Crippen molar-refractivity contribution in [2.45, 2.75) is 37.9 Å². The van der Waals surface area contributed by atoms with Crippen LogP contribution < -0.4 is 0 Å². The molecule has 8 nitrogen and oxygen atoms in total. The van der Waals surface area contributed by atoms with Crippen LogP contribution in [-0.2, 0) is 14.6 Å². The van der Waals surface area contributed by atoms with Gasteiger partial charge in [0.1, 0.15) is 5.82 Å². The van der Waals surface area contributed by atoms with Crippen LogP contribution in [0.3, 0.4) is 0 Å². The number of aryl methyl sites for hydroxylation is 1. The summed E-state index contributed by atoms with van der Waals surface area (Å²) in [5.74, 6) is 0.961. The quantitative estimate of drug-likeness (QED) is 0.434. The molecule has 1 fully saturated rings. The minimum absolute atomic E-state index is 0.0597.